The van der Waals surface area contributed by atoms with Crippen molar-refractivity contribution in [1.82, 2.24) is 10.2 Å². The molecule has 4 nitrogen and oxygen atoms in total. The predicted octanol–water partition coefficient (Wildman–Crippen LogP) is 2.08. The Balaban J connectivity index is 1.80. The maximum atomic E-state index is 11.0. The van der Waals surface area contributed by atoms with Gasteiger partial charge < -0.3 is 15.3 Å². The van der Waals surface area contributed by atoms with E-state index < -0.39 is 6.10 Å². The molecule has 0 spiro atoms. The third kappa shape index (κ3) is 4.58. The normalized spacial score (nSPS) is 18.8. The smallest absolute Gasteiger partial charge is 0.217 e. The van der Waals surface area contributed by atoms with E-state index in [2.05, 4.69) is 26.1 Å². The molecule has 1 amide bonds. The molecular formula is C15H21BrN2O2. The summed E-state index contributed by atoms with van der Waals surface area (Å²) in [5.74, 6) is 0.0401. The number of amides is 1. The van der Waals surface area contributed by atoms with Gasteiger partial charge in [0.25, 0.3) is 0 Å². The fraction of sp³-hybridized carbons (Fsp3) is 0.533. The fourth-order valence-corrected chi connectivity index (χ4v) is 2.85. The molecule has 1 fully saturated rings. The number of nitrogens with one attached hydrogen (secondary N) is 1. The van der Waals surface area contributed by atoms with Gasteiger partial charge in [0.05, 0.1) is 6.10 Å². The molecule has 1 aromatic carbocycles. The highest BCUT2D eigenvalue weighted by Crippen LogP contribution is 2.19. The summed E-state index contributed by atoms with van der Waals surface area (Å²) in [5, 5.41) is 13.2. The number of hydrogen-bond donors (Lipinski definition) is 2. The van der Waals surface area contributed by atoms with Crippen LogP contribution in [0.4, 0.5) is 0 Å². The van der Waals surface area contributed by atoms with Gasteiger partial charge in [-0.2, -0.15) is 0 Å². The topological polar surface area (TPSA) is 52.6 Å². The van der Waals surface area contributed by atoms with Gasteiger partial charge >= 0.3 is 0 Å². The molecule has 5 heteroatoms. The van der Waals surface area contributed by atoms with Gasteiger partial charge in [0.15, 0.2) is 0 Å². The highest BCUT2D eigenvalue weighted by atomic mass is 79.9. The minimum atomic E-state index is -0.458. The van der Waals surface area contributed by atoms with Gasteiger partial charge in [-0.15, -0.1) is 0 Å². The van der Waals surface area contributed by atoms with Crippen molar-refractivity contribution < 1.29 is 9.90 Å². The fourth-order valence-electron chi connectivity index (χ4n) is 2.58. The first-order valence-electron chi connectivity index (χ1n) is 6.97. The Morgan fingerprint density at radius 3 is 2.55 bits per heavy atom. The van der Waals surface area contributed by atoms with E-state index in [1.54, 1.807) is 6.92 Å². The number of hydrogen-bond acceptors (Lipinski definition) is 3. The highest BCUT2D eigenvalue weighted by molar-refractivity contribution is 9.10. The summed E-state index contributed by atoms with van der Waals surface area (Å²) in [6, 6.07) is 8.06. The number of nitrogens with zero attached hydrogens (tertiary/aromatic N) is 1. The maximum absolute atomic E-state index is 11.0. The average molecular weight is 341 g/mol. The van der Waals surface area contributed by atoms with Crippen molar-refractivity contribution in [2.75, 3.05) is 19.6 Å². The zero-order chi connectivity index (χ0) is 14.5. The van der Waals surface area contributed by atoms with E-state index in [9.17, 15) is 9.90 Å². The lowest BCUT2D eigenvalue weighted by Gasteiger charge is -2.33. The number of β-amino-alcohol motifs (C(OH)–C–C–N with tert-alkyl or cyclic N) is 1. The van der Waals surface area contributed by atoms with Crippen molar-refractivity contribution in [2.24, 2.45) is 0 Å². The molecule has 1 saturated heterocycles. The van der Waals surface area contributed by atoms with Gasteiger partial charge in [-0.1, -0.05) is 28.1 Å². The van der Waals surface area contributed by atoms with Crippen molar-refractivity contribution in [3.63, 3.8) is 0 Å². The van der Waals surface area contributed by atoms with Crippen LogP contribution in [0.3, 0.4) is 0 Å². The van der Waals surface area contributed by atoms with Crippen LogP contribution >= 0.6 is 15.9 Å². The first-order chi connectivity index (χ1) is 9.54. The van der Waals surface area contributed by atoms with Crippen LogP contribution in [-0.4, -0.2) is 41.6 Å². The van der Waals surface area contributed by atoms with E-state index >= 15 is 0 Å². The lowest BCUT2D eigenvalue weighted by Crippen LogP contribution is -2.45. The molecule has 110 valence electrons. The number of rotatable bonds is 4. The lowest BCUT2D eigenvalue weighted by molar-refractivity contribution is -0.120. The van der Waals surface area contributed by atoms with Crippen molar-refractivity contribution in [3.05, 3.63) is 34.3 Å². The minimum Gasteiger partial charge on any atom is -0.387 e. The quantitative estimate of drug-likeness (QED) is 0.882. The van der Waals surface area contributed by atoms with Crippen LogP contribution in [-0.2, 0) is 4.79 Å². The monoisotopic (exact) mass is 340 g/mol. The van der Waals surface area contributed by atoms with E-state index in [4.69, 9.17) is 0 Å². The molecule has 1 atom stereocenters. The van der Waals surface area contributed by atoms with Crippen LogP contribution in [0.5, 0.6) is 0 Å². The van der Waals surface area contributed by atoms with Crippen LogP contribution in [0.1, 0.15) is 31.4 Å². The summed E-state index contributed by atoms with van der Waals surface area (Å²) in [7, 11) is 0. The number of aliphatic hydroxyl groups excluding tert-OH is 1. The second-order valence-electron chi connectivity index (χ2n) is 5.34. The molecule has 1 aliphatic rings. The third-order valence-electron chi connectivity index (χ3n) is 3.68. The van der Waals surface area contributed by atoms with Gasteiger partial charge in [-0.25, -0.2) is 0 Å². The lowest BCUT2D eigenvalue weighted by atomic mass is 10.0. The van der Waals surface area contributed by atoms with Crippen molar-refractivity contribution >= 4 is 21.8 Å². The number of piperidine rings is 1. The zero-order valence-electron chi connectivity index (χ0n) is 11.7. The van der Waals surface area contributed by atoms with Crippen LogP contribution in [0.25, 0.3) is 0 Å². The van der Waals surface area contributed by atoms with Crippen LogP contribution in [0.15, 0.2) is 28.7 Å². The van der Waals surface area contributed by atoms with Gasteiger partial charge in [0.1, 0.15) is 0 Å². The molecule has 0 unspecified atom stereocenters. The van der Waals surface area contributed by atoms with Crippen LogP contribution in [0.2, 0.25) is 0 Å². The second-order valence-corrected chi connectivity index (χ2v) is 6.26. The molecule has 2 rings (SSSR count). The van der Waals surface area contributed by atoms with Gasteiger partial charge in [0, 0.05) is 37.1 Å². The van der Waals surface area contributed by atoms with Crippen LogP contribution < -0.4 is 5.32 Å². The number of benzene rings is 1. The molecule has 0 aliphatic carbocycles. The Bertz CT molecular complexity index is 442. The van der Waals surface area contributed by atoms with Gasteiger partial charge in [-0.3, -0.25) is 4.79 Å². The summed E-state index contributed by atoms with van der Waals surface area (Å²) < 4.78 is 1.02. The summed E-state index contributed by atoms with van der Waals surface area (Å²) in [5.41, 5.74) is 0.942. The molecular weight excluding hydrogens is 320 g/mol. The van der Waals surface area contributed by atoms with E-state index in [0.717, 1.165) is 36.0 Å². The number of likely N-dealkylation sites (tertiary alicyclic amines) is 1. The maximum Gasteiger partial charge on any atom is 0.217 e. The zero-order valence-corrected chi connectivity index (χ0v) is 13.3. The number of carbonyl (C=O) groups is 1. The Labute approximate surface area is 128 Å². The summed E-state index contributed by atoms with van der Waals surface area (Å²) in [4.78, 5) is 13.3. The van der Waals surface area contributed by atoms with E-state index in [1.165, 1.54) is 0 Å². The molecule has 0 bridgehead atoms. The van der Waals surface area contributed by atoms with Crippen molar-refractivity contribution in [2.45, 2.75) is 31.9 Å². The van der Waals surface area contributed by atoms with E-state index in [-0.39, 0.29) is 11.9 Å². The molecule has 0 saturated carbocycles. The molecule has 20 heavy (non-hydrogen) atoms. The second kappa shape index (κ2) is 7.20. The SMILES string of the molecule is CC(=O)NC1CCN(C[C@H](O)c2ccc(Br)cc2)CC1. The Morgan fingerprint density at radius 2 is 2.00 bits per heavy atom. The first-order valence-corrected chi connectivity index (χ1v) is 7.77. The van der Waals surface area contributed by atoms with Gasteiger partial charge in [0.2, 0.25) is 5.91 Å². The van der Waals surface area contributed by atoms with Gasteiger partial charge in [-0.05, 0) is 30.5 Å². The standard InChI is InChI=1S/C15H21BrN2O2/c1-11(19)17-14-6-8-18(9-7-14)10-15(20)12-2-4-13(16)5-3-12/h2-5,14-15,20H,6-10H2,1H3,(H,17,19)/t15-/m0/s1. The number of aliphatic hydroxyl groups is 1. The summed E-state index contributed by atoms with van der Waals surface area (Å²) in [6.07, 6.45) is 1.44. The van der Waals surface area contributed by atoms with Crippen molar-refractivity contribution in [3.8, 4) is 0 Å². The summed E-state index contributed by atoms with van der Waals surface area (Å²) in [6.45, 7) is 4.04. The molecule has 2 N–H and O–H groups in total. The first kappa shape index (κ1) is 15.5. The Kier molecular flexibility index (Phi) is 5.57. The molecule has 0 aromatic heterocycles. The minimum absolute atomic E-state index is 0.0401. The Hall–Kier alpha value is -0.910. The van der Waals surface area contributed by atoms with Crippen LogP contribution in [0, 0.1) is 0 Å². The highest BCUT2D eigenvalue weighted by Gasteiger charge is 2.21. The van der Waals surface area contributed by atoms with Crippen molar-refractivity contribution in [1.29, 1.82) is 0 Å². The molecule has 1 aliphatic heterocycles. The predicted molar refractivity (Wildman–Crippen MR) is 82.4 cm³/mol. The third-order valence-corrected chi connectivity index (χ3v) is 4.21. The number of halogens is 1. The largest absolute Gasteiger partial charge is 0.387 e. The molecule has 0 radical (unpaired) electrons. The molecule has 1 heterocycles. The molecule has 1 aromatic rings. The number of carbonyl (C=O) groups excluding carboxylic acids is 1. The summed E-state index contributed by atoms with van der Waals surface area (Å²) >= 11 is 3.39. The average Bonchev–Trinajstić information content (AvgIpc) is 2.41. The Morgan fingerprint density at radius 1 is 1.40 bits per heavy atom. The van der Waals surface area contributed by atoms with E-state index in [1.807, 2.05) is 24.3 Å². The van der Waals surface area contributed by atoms with E-state index in [0.29, 0.717) is 6.54 Å².